The highest BCUT2D eigenvalue weighted by Crippen LogP contribution is 2.34. The first kappa shape index (κ1) is 29.9. The molecule has 0 aliphatic carbocycles. The summed E-state index contributed by atoms with van der Waals surface area (Å²) < 4.78 is 11.4. The largest absolute Gasteiger partial charge is 0.476 e. The van der Waals surface area contributed by atoms with E-state index in [1.54, 1.807) is 32.5 Å². The van der Waals surface area contributed by atoms with Crippen LogP contribution in [-0.2, 0) is 22.5 Å². The summed E-state index contributed by atoms with van der Waals surface area (Å²) in [5, 5.41) is 0. The highest BCUT2D eigenvalue weighted by molar-refractivity contribution is 7.98. The number of ketones is 1. The number of aryl methyl sites for hydroxylation is 2. The number of likely N-dealkylation sites (tertiary alicyclic amines) is 1. The topological polar surface area (TPSA) is 55.8 Å². The summed E-state index contributed by atoms with van der Waals surface area (Å²) in [7, 11) is 0. The predicted molar refractivity (Wildman–Crippen MR) is 162 cm³/mol. The molecule has 6 heteroatoms. The van der Waals surface area contributed by atoms with Crippen molar-refractivity contribution in [3.8, 4) is 5.75 Å². The Kier molecular flexibility index (Phi) is 9.75. The molecule has 5 nitrogen and oxygen atoms in total. The van der Waals surface area contributed by atoms with Gasteiger partial charge in [0.1, 0.15) is 5.75 Å². The van der Waals surface area contributed by atoms with Gasteiger partial charge in [-0.15, -0.1) is 11.8 Å². The minimum absolute atomic E-state index is 0.0804. The first-order chi connectivity index (χ1) is 19.1. The summed E-state index contributed by atoms with van der Waals surface area (Å²) in [6.07, 6.45) is 2.84. The van der Waals surface area contributed by atoms with E-state index in [9.17, 15) is 9.59 Å². The van der Waals surface area contributed by atoms with Crippen molar-refractivity contribution in [2.24, 2.45) is 11.8 Å². The molecule has 212 valence electrons. The number of ether oxygens (including phenoxy) is 2. The van der Waals surface area contributed by atoms with Crippen molar-refractivity contribution < 1.29 is 19.1 Å². The third-order valence-corrected chi connectivity index (χ3v) is 8.36. The quantitative estimate of drug-likeness (QED) is 0.144. The van der Waals surface area contributed by atoms with E-state index in [0.717, 1.165) is 47.6 Å². The zero-order valence-corrected chi connectivity index (χ0v) is 25.3. The summed E-state index contributed by atoms with van der Waals surface area (Å²) >= 11 is 1.68. The molecule has 4 rings (SSSR count). The lowest BCUT2D eigenvalue weighted by atomic mass is 9.84. The Balaban J connectivity index is 1.56. The number of rotatable bonds is 11. The summed E-state index contributed by atoms with van der Waals surface area (Å²) in [5.41, 5.74) is 4.09. The second kappa shape index (κ2) is 13.0. The van der Waals surface area contributed by atoms with Gasteiger partial charge in [-0.3, -0.25) is 9.69 Å². The average molecular weight is 560 g/mol. The van der Waals surface area contributed by atoms with Gasteiger partial charge < -0.3 is 9.47 Å². The predicted octanol–water partition coefficient (Wildman–Crippen LogP) is 6.92. The van der Waals surface area contributed by atoms with E-state index in [2.05, 4.69) is 41.3 Å². The maximum Gasteiger partial charge on any atom is 0.349 e. The number of thioether (sulfide) groups is 1. The summed E-state index contributed by atoms with van der Waals surface area (Å²) in [4.78, 5) is 29.8. The highest BCUT2D eigenvalue weighted by atomic mass is 32.2. The zero-order chi connectivity index (χ0) is 28.9. The van der Waals surface area contributed by atoms with Crippen LogP contribution < -0.4 is 4.74 Å². The summed E-state index contributed by atoms with van der Waals surface area (Å²) in [5.74, 6) is 0.661. The van der Waals surface area contributed by atoms with Crippen molar-refractivity contribution in [3.63, 3.8) is 0 Å². The molecule has 0 bridgehead atoms. The van der Waals surface area contributed by atoms with Gasteiger partial charge in [0, 0.05) is 36.0 Å². The summed E-state index contributed by atoms with van der Waals surface area (Å²) in [6.45, 7) is 12.0. The van der Waals surface area contributed by atoms with Crippen molar-refractivity contribution in [1.82, 2.24) is 4.90 Å². The molecule has 0 spiro atoms. The zero-order valence-electron chi connectivity index (χ0n) is 24.5. The lowest BCUT2D eigenvalue weighted by Gasteiger charge is -2.27. The minimum Gasteiger partial charge on any atom is -0.476 e. The Morgan fingerprint density at radius 1 is 0.950 bits per heavy atom. The van der Waals surface area contributed by atoms with Crippen LogP contribution in [0.4, 0.5) is 0 Å². The van der Waals surface area contributed by atoms with Gasteiger partial charge in [-0.1, -0.05) is 54.6 Å². The Hall–Kier alpha value is -3.09. The smallest absolute Gasteiger partial charge is 0.349 e. The van der Waals surface area contributed by atoms with Gasteiger partial charge in [0.2, 0.25) is 0 Å². The van der Waals surface area contributed by atoms with Crippen molar-refractivity contribution in [2.75, 3.05) is 26.0 Å². The average Bonchev–Trinajstić information content (AvgIpc) is 3.32. The van der Waals surface area contributed by atoms with Crippen molar-refractivity contribution in [2.45, 2.75) is 58.1 Å². The molecule has 2 atom stereocenters. The molecular weight excluding hydrogens is 518 g/mol. The first-order valence-corrected chi connectivity index (χ1v) is 15.2. The molecule has 0 aromatic heterocycles. The molecule has 40 heavy (non-hydrogen) atoms. The third-order valence-electron chi connectivity index (χ3n) is 7.62. The van der Waals surface area contributed by atoms with Crippen molar-refractivity contribution in [1.29, 1.82) is 0 Å². The van der Waals surface area contributed by atoms with Crippen LogP contribution in [0, 0.1) is 25.7 Å². The van der Waals surface area contributed by atoms with Gasteiger partial charge in [0.15, 0.2) is 11.4 Å². The molecule has 3 aromatic carbocycles. The summed E-state index contributed by atoms with van der Waals surface area (Å²) in [6, 6.07) is 22.7. The molecule has 0 N–H and O–H groups in total. The number of hydrogen-bond donors (Lipinski definition) is 0. The molecule has 0 amide bonds. The van der Waals surface area contributed by atoms with Crippen LogP contribution in [0.3, 0.4) is 0 Å². The van der Waals surface area contributed by atoms with Gasteiger partial charge in [0.25, 0.3) is 0 Å². The fraction of sp³-hybridized carbons (Fsp3) is 0.412. The number of carbonyl (C=O) groups is 2. The van der Waals surface area contributed by atoms with E-state index >= 15 is 0 Å². The number of nitrogens with zero attached hydrogens (tertiary/aromatic N) is 1. The number of benzene rings is 3. The fourth-order valence-electron chi connectivity index (χ4n) is 5.63. The van der Waals surface area contributed by atoms with Gasteiger partial charge in [-0.25, -0.2) is 4.79 Å². The maximum atomic E-state index is 13.8. The Bertz CT molecular complexity index is 1300. The second-order valence-corrected chi connectivity index (χ2v) is 12.1. The SMILES string of the molecule is CCOC(=O)C(C)(C)Oc1c(C)cc(CC2CN(Cc3ccccc3)CC2C(=O)c2ccc(SC)cc2)cc1C. The number of esters is 1. The van der Waals surface area contributed by atoms with Crippen LogP contribution in [0.15, 0.2) is 71.6 Å². The van der Waals surface area contributed by atoms with E-state index in [-0.39, 0.29) is 23.6 Å². The van der Waals surface area contributed by atoms with Gasteiger partial charge in [-0.2, -0.15) is 0 Å². The van der Waals surface area contributed by atoms with Crippen LogP contribution in [0.25, 0.3) is 0 Å². The fourth-order valence-corrected chi connectivity index (χ4v) is 6.04. The molecule has 3 aromatic rings. The van der Waals surface area contributed by atoms with Crippen LogP contribution in [0.2, 0.25) is 0 Å². The van der Waals surface area contributed by atoms with Crippen LogP contribution in [0.5, 0.6) is 5.75 Å². The van der Waals surface area contributed by atoms with Crippen LogP contribution in [-0.4, -0.2) is 48.2 Å². The molecule has 1 aliphatic rings. The minimum atomic E-state index is -1.08. The van der Waals surface area contributed by atoms with Gasteiger partial charge in [-0.05, 0) is 87.6 Å². The highest BCUT2D eigenvalue weighted by Gasteiger charge is 2.38. The molecular formula is C34H41NO4S. The molecule has 1 heterocycles. The first-order valence-electron chi connectivity index (χ1n) is 14.0. The number of Topliss-reactive ketones (excluding diaryl/α,β-unsaturated/α-hetero) is 1. The van der Waals surface area contributed by atoms with E-state index in [1.807, 2.05) is 50.4 Å². The lowest BCUT2D eigenvalue weighted by molar-refractivity contribution is -0.158. The molecule has 1 saturated heterocycles. The molecule has 0 saturated carbocycles. The third kappa shape index (κ3) is 7.15. The normalized spacial score (nSPS) is 17.6. The van der Waals surface area contributed by atoms with E-state index in [4.69, 9.17) is 9.47 Å². The molecule has 1 aliphatic heterocycles. The van der Waals surface area contributed by atoms with Crippen LogP contribution in [0.1, 0.15) is 53.4 Å². The van der Waals surface area contributed by atoms with Crippen LogP contribution >= 0.6 is 11.8 Å². The lowest BCUT2D eigenvalue weighted by Crippen LogP contribution is -2.40. The van der Waals surface area contributed by atoms with Crippen molar-refractivity contribution >= 4 is 23.5 Å². The molecule has 2 unspecified atom stereocenters. The van der Waals surface area contributed by atoms with E-state index < -0.39 is 5.60 Å². The van der Waals surface area contributed by atoms with Gasteiger partial charge >= 0.3 is 5.97 Å². The number of hydrogen-bond acceptors (Lipinski definition) is 6. The van der Waals surface area contributed by atoms with Crippen molar-refractivity contribution in [3.05, 3.63) is 94.5 Å². The van der Waals surface area contributed by atoms with Gasteiger partial charge in [0.05, 0.1) is 6.61 Å². The molecule has 0 radical (unpaired) electrons. The standard InChI is InChI=1S/C34H41NO4S/c1-7-38-33(37)34(4,5)39-32-23(2)17-26(18-24(32)3)19-28-21-35(20-25-11-9-8-10-12-25)22-30(28)31(36)27-13-15-29(40-6)16-14-27/h8-18,28,30H,7,19-22H2,1-6H3. The van der Waals surface area contributed by atoms with E-state index in [1.165, 1.54) is 11.1 Å². The maximum absolute atomic E-state index is 13.8. The Labute approximate surface area is 243 Å². The Morgan fingerprint density at radius 3 is 2.20 bits per heavy atom. The second-order valence-electron chi connectivity index (χ2n) is 11.2. The monoisotopic (exact) mass is 559 g/mol. The molecule has 1 fully saturated rings. The number of carbonyl (C=O) groups excluding carboxylic acids is 2. The van der Waals surface area contributed by atoms with E-state index in [0.29, 0.717) is 12.4 Å². The Morgan fingerprint density at radius 2 is 1.60 bits per heavy atom.